The summed E-state index contributed by atoms with van der Waals surface area (Å²) >= 11 is 3.31. The van der Waals surface area contributed by atoms with Crippen LogP contribution < -0.4 is 14.8 Å². The van der Waals surface area contributed by atoms with E-state index in [-0.39, 0.29) is 5.82 Å². The van der Waals surface area contributed by atoms with Crippen molar-refractivity contribution in [2.24, 2.45) is 0 Å². The molecule has 5 nitrogen and oxygen atoms in total. The van der Waals surface area contributed by atoms with Crippen LogP contribution in [-0.2, 0) is 0 Å². The third-order valence-corrected chi connectivity index (χ3v) is 7.97. The summed E-state index contributed by atoms with van der Waals surface area (Å²) in [6, 6.07) is 14.2. The zero-order chi connectivity index (χ0) is 21.2. The molecule has 0 spiro atoms. The smallest absolute Gasteiger partial charge is 0.279 e. The van der Waals surface area contributed by atoms with Crippen LogP contribution in [0.25, 0.3) is 10.2 Å². The normalized spacial score (nSPS) is 23.4. The third kappa shape index (κ3) is 4.82. The van der Waals surface area contributed by atoms with Crippen LogP contribution >= 0.6 is 23.3 Å². The summed E-state index contributed by atoms with van der Waals surface area (Å²) in [5.41, 5.74) is 0.611. The molecule has 0 aliphatic carbocycles. The molecule has 0 saturated carbocycles. The standard InChI is InChI=1S/C23H26FN3O2S2/c1-30-27-17-3-4-18(27)14-16(13-17)25-10-11-28-19-5-7-20(8-6-19)29-23-26-21-12-15(24)2-9-22(21)31-23/h2,5-9,12,16-18,25H,3-4,10-11,13-14H2,1H3/t16?,17-,18?/m1/s1. The Morgan fingerprint density at radius 3 is 2.61 bits per heavy atom. The van der Waals surface area contributed by atoms with Crippen molar-refractivity contribution >= 4 is 33.5 Å². The van der Waals surface area contributed by atoms with Crippen LogP contribution in [0.4, 0.5) is 4.39 Å². The quantitative estimate of drug-likeness (QED) is 0.356. The second-order valence-corrected chi connectivity index (χ2v) is 9.84. The second-order valence-electron chi connectivity index (χ2n) is 8.06. The van der Waals surface area contributed by atoms with E-state index in [9.17, 15) is 4.39 Å². The topological polar surface area (TPSA) is 46.6 Å². The summed E-state index contributed by atoms with van der Waals surface area (Å²) in [4.78, 5) is 4.33. The molecule has 3 heterocycles. The van der Waals surface area contributed by atoms with Crippen molar-refractivity contribution in [1.29, 1.82) is 0 Å². The van der Waals surface area contributed by atoms with E-state index in [0.29, 0.717) is 29.1 Å². The van der Waals surface area contributed by atoms with E-state index in [1.807, 2.05) is 36.2 Å². The third-order valence-electron chi connectivity index (χ3n) is 6.04. The summed E-state index contributed by atoms with van der Waals surface area (Å²) in [5.74, 6) is 1.21. The molecule has 2 aliphatic rings. The van der Waals surface area contributed by atoms with E-state index in [1.54, 1.807) is 6.07 Å². The minimum Gasteiger partial charge on any atom is -0.492 e. The maximum atomic E-state index is 13.3. The van der Waals surface area contributed by atoms with Gasteiger partial charge in [-0.25, -0.2) is 13.7 Å². The number of nitrogens with zero attached hydrogens (tertiary/aromatic N) is 2. The van der Waals surface area contributed by atoms with Gasteiger partial charge in [0.1, 0.15) is 23.9 Å². The highest BCUT2D eigenvalue weighted by molar-refractivity contribution is 7.96. The molecule has 0 amide bonds. The molecule has 2 unspecified atom stereocenters. The minimum atomic E-state index is -0.293. The lowest BCUT2D eigenvalue weighted by Crippen LogP contribution is -2.46. The summed E-state index contributed by atoms with van der Waals surface area (Å²) in [6.45, 7) is 1.49. The van der Waals surface area contributed by atoms with Gasteiger partial charge in [0.15, 0.2) is 0 Å². The number of aromatic nitrogens is 1. The zero-order valence-electron chi connectivity index (χ0n) is 17.4. The highest BCUT2D eigenvalue weighted by Gasteiger charge is 2.40. The van der Waals surface area contributed by atoms with Crippen LogP contribution in [0.1, 0.15) is 25.7 Å². The molecule has 3 atom stereocenters. The molecule has 5 rings (SSSR count). The number of hydrogen-bond donors (Lipinski definition) is 1. The lowest BCUT2D eigenvalue weighted by Gasteiger charge is -2.37. The molecule has 2 fully saturated rings. The Kier molecular flexibility index (Phi) is 6.31. The Balaban J connectivity index is 1.07. The molecule has 3 aromatic rings. The maximum absolute atomic E-state index is 13.3. The van der Waals surface area contributed by atoms with Crippen LogP contribution in [0.5, 0.6) is 16.7 Å². The number of nitrogens with one attached hydrogen (secondary N) is 1. The van der Waals surface area contributed by atoms with E-state index in [4.69, 9.17) is 9.47 Å². The molecule has 31 heavy (non-hydrogen) atoms. The summed E-state index contributed by atoms with van der Waals surface area (Å²) in [5, 5.41) is 4.18. The van der Waals surface area contributed by atoms with E-state index in [0.717, 1.165) is 29.1 Å². The van der Waals surface area contributed by atoms with Gasteiger partial charge in [-0.1, -0.05) is 23.3 Å². The lowest BCUT2D eigenvalue weighted by molar-refractivity contribution is 0.214. The van der Waals surface area contributed by atoms with Gasteiger partial charge in [0.05, 0.1) is 10.2 Å². The minimum absolute atomic E-state index is 0.293. The Hall–Kier alpha value is -1.87. The second kappa shape index (κ2) is 9.32. The predicted molar refractivity (Wildman–Crippen MR) is 125 cm³/mol. The van der Waals surface area contributed by atoms with Crippen molar-refractivity contribution in [3.8, 4) is 16.7 Å². The number of halogens is 1. The van der Waals surface area contributed by atoms with E-state index in [2.05, 4.69) is 20.9 Å². The van der Waals surface area contributed by atoms with E-state index < -0.39 is 0 Å². The first-order valence-corrected chi connectivity index (χ1v) is 12.7. The lowest BCUT2D eigenvalue weighted by atomic mass is 10.00. The van der Waals surface area contributed by atoms with Crippen LogP contribution in [0.3, 0.4) is 0 Å². The first-order valence-electron chi connectivity index (χ1n) is 10.7. The highest BCUT2D eigenvalue weighted by atomic mass is 32.2. The fourth-order valence-electron chi connectivity index (χ4n) is 4.66. The van der Waals surface area contributed by atoms with Gasteiger partial charge in [-0.3, -0.25) is 0 Å². The molecule has 1 aromatic heterocycles. The van der Waals surface area contributed by atoms with Gasteiger partial charge in [0, 0.05) is 30.7 Å². The van der Waals surface area contributed by atoms with Crippen LogP contribution in [0, 0.1) is 5.82 Å². The van der Waals surface area contributed by atoms with Crippen molar-refractivity contribution in [2.75, 3.05) is 19.4 Å². The Morgan fingerprint density at radius 1 is 1.13 bits per heavy atom. The molecule has 2 aliphatic heterocycles. The fraction of sp³-hybridized carbons (Fsp3) is 0.435. The van der Waals surface area contributed by atoms with Gasteiger partial charge < -0.3 is 14.8 Å². The van der Waals surface area contributed by atoms with Crippen molar-refractivity contribution in [1.82, 2.24) is 14.6 Å². The summed E-state index contributed by atoms with van der Waals surface area (Å²) in [6.07, 6.45) is 7.35. The average molecular weight is 460 g/mol. The molecule has 2 bridgehead atoms. The molecule has 2 aromatic carbocycles. The van der Waals surface area contributed by atoms with Gasteiger partial charge in [-0.2, -0.15) is 0 Å². The van der Waals surface area contributed by atoms with Crippen LogP contribution in [0.15, 0.2) is 42.5 Å². The van der Waals surface area contributed by atoms with Crippen molar-refractivity contribution < 1.29 is 13.9 Å². The Labute approximate surface area is 190 Å². The summed E-state index contributed by atoms with van der Waals surface area (Å²) < 4.78 is 28.5. The number of ether oxygens (including phenoxy) is 2. The molecular formula is C23H26FN3O2S2. The van der Waals surface area contributed by atoms with Gasteiger partial charge in [-0.15, -0.1) is 0 Å². The van der Waals surface area contributed by atoms with E-state index in [1.165, 1.54) is 49.2 Å². The Morgan fingerprint density at radius 2 is 1.87 bits per heavy atom. The number of thiazole rings is 1. The fourth-order valence-corrected chi connectivity index (χ4v) is 6.45. The molecule has 1 N–H and O–H groups in total. The molecule has 164 valence electrons. The monoisotopic (exact) mass is 459 g/mol. The highest BCUT2D eigenvalue weighted by Crippen LogP contribution is 2.39. The number of rotatable bonds is 8. The number of piperidine rings is 1. The number of benzene rings is 2. The first kappa shape index (κ1) is 21.0. The average Bonchev–Trinajstić information content (AvgIpc) is 3.28. The molecule has 8 heteroatoms. The number of fused-ring (bicyclic) bond motifs is 3. The molecule has 2 saturated heterocycles. The number of hydrogen-bond acceptors (Lipinski definition) is 7. The molecular weight excluding hydrogens is 433 g/mol. The van der Waals surface area contributed by atoms with Crippen LogP contribution in [-0.4, -0.2) is 46.8 Å². The zero-order valence-corrected chi connectivity index (χ0v) is 19.1. The van der Waals surface area contributed by atoms with E-state index >= 15 is 0 Å². The first-order chi connectivity index (χ1) is 15.2. The Bertz CT molecular complexity index is 1020. The van der Waals surface area contributed by atoms with Crippen molar-refractivity contribution in [2.45, 2.75) is 43.8 Å². The van der Waals surface area contributed by atoms with Gasteiger partial charge in [0.2, 0.25) is 0 Å². The van der Waals surface area contributed by atoms with Gasteiger partial charge in [-0.05, 0) is 68.3 Å². The van der Waals surface area contributed by atoms with Gasteiger partial charge in [0.25, 0.3) is 5.19 Å². The van der Waals surface area contributed by atoms with Crippen molar-refractivity contribution in [3.05, 3.63) is 48.3 Å². The SMILES string of the molecule is CSN1C2CC[C@@H]1CC(NCCOc1ccc(Oc3nc4cc(F)ccc4s3)cc1)C2. The van der Waals surface area contributed by atoms with Gasteiger partial charge >= 0.3 is 0 Å². The molecule has 0 radical (unpaired) electrons. The predicted octanol–water partition coefficient (Wildman–Crippen LogP) is 5.47. The summed E-state index contributed by atoms with van der Waals surface area (Å²) in [7, 11) is 0. The maximum Gasteiger partial charge on any atom is 0.279 e. The van der Waals surface area contributed by atoms with Crippen LogP contribution in [0.2, 0.25) is 0 Å². The largest absolute Gasteiger partial charge is 0.492 e. The van der Waals surface area contributed by atoms with Crippen molar-refractivity contribution in [3.63, 3.8) is 0 Å².